The second-order valence-electron chi connectivity index (χ2n) is 9.44. The van der Waals surface area contributed by atoms with Gasteiger partial charge in [-0.05, 0) is 37.3 Å². The highest BCUT2D eigenvalue weighted by Crippen LogP contribution is 2.43. The maximum atomic E-state index is 13.7. The number of ether oxygens (including phenoxy) is 1. The number of nitrogens with zero attached hydrogens (tertiary/aromatic N) is 3. The van der Waals surface area contributed by atoms with Crippen LogP contribution in [0, 0.1) is 5.92 Å². The Balaban J connectivity index is 1.63. The zero-order valence-corrected chi connectivity index (χ0v) is 20.0. The van der Waals surface area contributed by atoms with Gasteiger partial charge in [-0.3, -0.25) is 4.79 Å². The molecule has 0 radical (unpaired) electrons. The monoisotopic (exact) mass is 504 g/mol. The van der Waals surface area contributed by atoms with Gasteiger partial charge in [-0.15, -0.1) is 0 Å². The second-order valence-corrected chi connectivity index (χ2v) is 11.2. The van der Waals surface area contributed by atoms with Gasteiger partial charge < -0.3 is 4.74 Å². The first kappa shape index (κ1) is 23.7. The van der Waals surface area contributed by atoms with E-state index in [0.717, 1.165) is 36.9 Å². The van der Waals surface area contributed by atoms with E-state index in [1.165, 1.54) is 6.07 Å². The number of halogens is 2. The summed E-state index contributed by atoms with van der Waals surface area (Å²) in [4.78, 5) is 17.2. The van der Waals surface area contributed by atoms with Gasteiger partial charge in [0.15, 0.2) is 5.65 Å². The SMILES string of the molecule is CS(=O)(=O)NC(=O)c1cc(OCC2CCC(F)(F)C2)c2c(C3CCC3)nn(-c3ccccc3)c2n1. The van der Waals surface area contributed by atoms with Crippen LogP contribution in [0.3, 0.4) is 0 Å². The highest BCUT2D eigenvalue weighted by molar-refractivity contribution is 7.89. The van der Waals surface area contributed by atoms with Gasteiger partial charge in [-0.2, -0.15) is 5.10 Å². The lowest BCUT2D eigenvalue weighted by molar-refractivity contribution is 0.00294. The van der Waals surface area contributed by atoms with Crippen LogP contribution < -0.4 is 9.46 Å². The molecule has 0 spiro atoms. The second kappa shape index (κ2) is 8.85. The van der Waals surface area contributed by atoms with Crippen LogP contribution >= 0.6 is 0 Å². The summed E-state index contributed by atoms with van der Waals surface area (Å²) in [7, 11) is -3.83. The molecule has 3 aromatic rings. The van der Waals surface area contributed by atoms with Crippen LogP contribution in [0.25, 0.3) is 16.7 Å². The first-order valence-corrected chi connectivity index (χ1v) is 13.5. The number of aromatic nitrogens is 3. The summed E-state index contributed by atoms with van der Waals surface area (Å²) in [5.74, 6) is -3.43. The van der Waals surface area contributed by atoms with E-state index in [1.807, 2.05) is 35.1 Å². The van der Waals surface area contributed by atoms with Crippen LogP contribution in [0.15, 0.2) is 36.4 Å². The number of carbonyl (C=O) groups is 1. The predicted molar refractivity (Wildman–Crippen MR) is 126 cm³/mol. The molecule has 186 valence electrons. The highest BCUT2D eigenvalue weighted by Gasteiger charge is 2.40. The van der Waals surface area contributed by atoms with Gasteiger partial charge in [-0.25, -0.2) is 31.6 Å². The lowest BCUT2D eigenvalue weighted by atomic mass is 9.82. The smallest absolute Gasteiger partial charge is 0.283 e. The number of hydrogen-bond acceptors (Lipinski definition) is 6. The minimum Gasteiger partial charge on any atom is -0.492 e. The Hall–Kier alpha value is -3.08. The molecular weight excluding hydrogens is 478 g/mol. The van der Waals surface area contributed by atoms with E-state index in [1.54, 1.807) is 4.68 Å². The standard InChI is InChI=1S/C24H26F2N4O4S/c1-35(32,33)29-23(31)18-12-19(34-14-15-10-11-24(25,26)13-15)20-21(16-6-5-7-16)28-30(22(20)27-18)17-8-3-2-4-9-17/h2-4,8-9,12,15-16H,5-7,10-11,13-14H2,1H3,(H,29,31). The third kappa shape index (κ3) is 5.00. The maximum Gasteiger partial charge on any atom is 0.283 e. The Morgan fingerprint density at radius 2 is 1.97 bits per heavy atom. The van der Waals surface area contributed by atoms with Crippen LogP contribution in [-0.4, -0.2) is 47.9 Å². The van der Waals surface area contributed by atoms with Crippen molar-refractivity contribution in [2.24, 2.45) is 5.92 Å². The molecule has 1 atom stereocenters. The van der Waals surface area contributed by atoms with Crippen LogP contribution in [0.4, 0.5) is 8.78 Å². The third-order valence-corrected chi connectivity index (χ3v) is 7.17. The van der Waals surface area contributed by atoms with Crippen LogP contribution in [0.1, 0.15) is 60.6 Å². The molecular formula is C24H26F2N4O4S. The number of pyridine rings is 1. The Morgan fingerprint density at radius 3 is 2.57 bits per heavy atom. The molecule has 0 saturated heterocycles. The topological polar surface area (TPSA) is 103 Å². The molecule has 2 aliphatic carbocycles. The number of para-hydroxylation sites is 1. The summed E-state index contributed by atoms with van der Waals surface area (Å²) >= 11 is 0. The lowest BCUT2D eigenvalue weighted by Gasteiger charge is -2.24. The summed E-state index contributed by atoms with van der Waals surface area (Å²) in [6.45, 7) is 0.0580. The fraction of sp³-hybridized carbons (Fsp3) is 0.458. The molecule has 2 aliphatic rings. The molecule has 35 heavy (non-hydrogen) atoms. The molecule has 1 aromatic carbocycles. The number of nitrogens with one attached hydrogen (secondary N) is 1. The van der Waals surface area contributed by atoms with Crippen molar-refractivity contribution in [1.82, 2.24) is 19.5 Å². The maximum absolute atomic E-state index is 13.7. The van der Waals surface area contributed by atoms with Crippen molar-refractivity contribution < 1.29 is 26.7 Å². The molecule has 0 aliphatic heterocycles. The molecule has 1 amide bonds. The van der Waals surface area contributed by atoms with Crippen LogP contribution in [0.2, 0.25) is 0 Å². The molecule has 5 rings (SSSR count). The van der Waals surface area contributed by atoms with Crippen molar-refractivity contribution in [3.05, 3.63) is 47.8 Å². The lowest BCUT2D eigenvalue weighted by Crippen LogP contribution is -2.30. The van der Waals surface area contributed by atoms with Crippen molar-refractivity contribution >= 4 is 27.0 Å². The van der Waals surface area contributed by atoms with Crippen molar-refractivity contribution in [2.45, 2.75) is 50.4 Å². The number of hydrogen-bond donors (Lipinski definition) is 1. The summed E-state index contributed by atoms with van der Waals surface area (Å²) in [6.07, 6.45) is 3.78. The van der Waals surface area contributed by atoms with Crippen molar-refractivity contribution in [3.63, 3.8) is 0 Å². The summed E-state index contributed by atoms with van der Waals surface area (Å²) in [5, 5.41) is 5.45. The molecule has 8 nitrogen and oxygen atoms in total. The average molecular weight is 505 g/mol. The molecule has 2 fully saturated rings. The Labute approximate surface area is 201 Å². The van der Waals surface area contributed by atoms with Gasteiger partial charge in [-0.1, -0.05) is 24.6 Å². The van der Waals surface area contributed by atoms with E-state index in [0.29, 0.717) is 23.2 Å². The minimum absolute atomic E-state index is 0.0580. The Bertz CT molecular complexity index is 1370. The largest absolute Gasteiger partial charge is 0.492 e. The summed E-state index contributed by atoms with van der Waals surface area (Å²) in [6, 6.07) is 10.7. The van der Waals surface area contributed by atoms with Gasteiger partial charge in [0.05, 0.1) is 29.6 Å². The average Bonchev–Trinajstić information content (AvgIpc) is 3.30. The van der Waals surface area contributed by atoms with Gasteiger partial charge in [0.2, 0.25) is 15.9 Å². The van der Waals surface area contributed by atoms with E-state index in [9.17, 15) is 22.0 Å². The first-order chi connectivity index (χ1) is 16.6. The number of amides is 1. The van der Waals surface area contributed by atoms with Crippen molar-refractivity contribution in [2.75, 3.05) is 12.9 Å². The summed E-state index contributed by atoms with van der Waals surface area (Å²) in [5.41, 5.74) is 1.69. The number of fused-ring (bicyclic) bond motifs is 1. The number of alkyl halides is 2. The quantitative estimate of drug-likeness (QED) is 0.518. The molecule has 2 saturated carbocycles. The number of carbonyl (C=O) groups excluding carboxylic acids is 1. The first-order valence-electron chi connectivity index (χ1n) is 11.6. The number of rotatable bonds is 7. The predicted octanol–water partition coefficient (Wildman–Crippen LogP) is 4.19. The van der Waals surface area contributed by atoms with E-state index >= 15 is 0 Å². The van der Waals surface area contributed by atoms with Crippen molar-refractivity contribution in [3.8, 4) is 11.4 Å². The molecule has 1 unspecified atom stereocenters. The molecule has 2 aromatic heterocycles. The highest BCUT2D eigenvalue weighted by atomic mass is 32.2. The van der Waals surface area contributed by atoms with Gasteiger partial charge in [0, 0.05) is 24.8 Å². The van der Waals surface area contributed by atoms with Crippen LogP contribution in [0.5, 0.6) is 5.75 Å². The van der Waals surface area contributed by atoms with Crippen LogP contribution in [-0.2, 0) is 10.0 Å². The third-order valence-electron chi connectivity index (χ3n) is 6.61. The zero-order chi connectivity index (χ0) is 24.8. The zero-order valence-electron chi connectivity index (χ0n) is 19.2. The summed E-state index contributed by atoms with van der Waals surface area (Å²) < 4.78 is 60.4. The van der Waals surface area contributed by atoms with E-state index in [4.69, 9.17) is 9.84 Å². The van der Waals surface area contributed by atoms with E-state index in [-0.39, 0.29) is 37.0 Å². The fourth-order valence-electron chi connectivity index (χ4n) is 4.67. The Kier molecular flexibility index (Phi) is 5.98. The van der Waals surface area contributed by atoms with Gasteiger partial charge in [0.1, 0.15) is 11.4 Å². The number of sulfonamides is 1. The minimum atomic E-state index is -3.83. The molecule has 11 heteroatoms. The normalized spacial score (nSPS) is 20.0. The van der Waals surface area contributed by atoms with E-state index in [2.05, 4.69) is 4.98 Å². The van der Waals surface area contributed by atoms with E-state index < -0.39 is 21.9 Å². The molecule has 2 heterocycles. The van der Waals surface area contributed by atoms with Gasteiger partial charge in [0.25, 0.3) is 5.91 Å². The fourth-order valence-corrected chi connectivity index (χ4v) is 5.11. The molecule has 0 bridgehead atoms. The molecule has 1 N–H and O–H groups in total. The number of benzene rings is 1. The Morgan fingerprint density at radius 1 is 1.23 bits per heavy atom. The van der Waals surface area contributed by atoms with Gasteiger partial charge >= 0.3 is 0 Å². The van der Waals surface area contributed by atoms with Crippen molar-refractivity contribution in [1.29, 1.82) is 0 Å².